The van der Waals surface area contributed by atoms with E-state index in [-0.39, 0.29) is 18.0 Å². The molecule has 2 aliphatic heterocycles. The average Bonchev–Trinajstić information content (AvgIpc) is 3.43. The van der Waals surface area contributed by atoms with Gasteiger partial charge in [-0.25, -0.2) is 14.8 Å². The van der Waals surface area contributed by atoms with Gasteiger partial charge in [0.25, 0.3) is 0 Å². The molecule has 2 aliphatic rings. The minimum Gasteiger partial charge on any atom is -0.370 e. The Balaban J connectivity index is 0.000000431. The summed E-state index contributed by atoms with van der Waals surface area (Å²) in [6.45, 7) is 4.24. The van der Waals surface area contributed by atoms with E-state index in [2.05, 4.69) is 31.7 Å². The monoisotopic (exact) mass is 399 g/mol. The van der Waals surface area contributed by atoms with E-state index in [0.717, 1.165) is 55.7 Å². The SMILES string of the molecule is CCC(N)=O.CN(C(=O)N1C=CCCC1)C1CCN(c2ncnc3[nH]ccc23)C1. The molecule has 0 saturated carbocycles. The van der Waals surface area contributed by atoms with Gasteiger partial charge in [-0.15, -0.1) is 0 Å². The van der Waals surface area contributed by atoms with Crippen LogP contribution >= 0.6 is 0 Å². The normalized spacial score (nSPS) is 18.5. The molecule has 29 heavy (non-hydrogen) atoms. The number of hydrogen-bond donors (Lipinski definition) is 2. The Morgan fingerprint density at radius 3 is 2.83 bits per heavy atom. The van der Waals surface area contributed by atoms with Gasteiger partial charge in [0.2, 0.25) is 5.91 Å². The molecule has 156 valence electrons. The van der Waals surface area contributed by atoms with Crippen molar-refractivity contribution in [2.45, 2.75) is 38.6 Å². The van der Waals surface area contributed by atoms with Crippen molar-refractivity contribution < 1.29 is 9.59 Å². The molecule has 4 heterocycles. The second-order valence-electron chi connectivity index (χ2n) is 7.26. The van der Waals surface area contributed by atoms with Gasteiger partial charge >= 0.3 is 6.03 Å². The number of amides is 3. The lowest BCUT2D eigenvalue weighted by atomic mass is 10.2. The van der Waals surface area contributed by atoms with E-state index in [0.29, 0.717) is 6.42 Å². The van der Waals surface area contributed by atoms with Crippen molar-refractivity contribution in [1.29, 1.82) is 0 Å². The lowest BCUT2D eigenvalue weighted by Gasteiger charge is -2.31. The summed E-state index contributed by atoms with van der Waals surface area (Å²) in [5.41, 5.74) is 5.51. The van der Waals surface area contributed by atoms with Crippen LogP contribution in [-0.4, -0.2) is 69.4 Å². The number of aromatic nitrogens is 3. The maximum atomic E-state index is 12.7. The summed E-state index contributed by atoms with van der Waals surface area (Å²) in [6, 6.07) is 2.30. The molecule has 4 rings (SSSR count). The highest BCUT2D eigenvalue weighted by atomic mass is 16.2. The van der Waals surface area contributed by atoms with Gasteiger partial charge in [-0.3, -0.25) is 4.79 Å². The van der Waals surface area contributed by atoms with Crippen LogP contribution in [0.2, 0.25) is 0 Å². The third-order valence-corrected chi connectivity index (χ3v) is 5.29. The Morgan fingerprint density at radius 1 is 1.34 bits per heavy atom. The highest BCUT2D eigenvalue weighted by molar-refractivity contribution is 5.87. The van der Waals surface area contributed by atoms with Crippen molar-refractivity contribution >= 4 is 28.8 Å². The number of carbonyl (C=O) groups is 2. The summed E-state index contributed by atoms with van der Waals surface area (Å²) in [4.78, 5) is 40.0. The van der Waals surface area contributed by atoms with Gasteiger partial charge in [0.15, 0.2) is 0 Å². The second kappa shape index (κ2) is 9.40. The maximum absolute atomic E-state index is 12.7. The number of allylic oxidation sites excluding steroid dienone is 1. The summed E-state index contributed by atoms with van der Waals surface area (Å²) >= 11 is 0. The van der Waals surface area contributed by atoms with Crippen LogP contribution in [0.4, 0.5) is 10.6 Å². The summed E-state index contributed by atoms with van der Waals surface area (Å²) in [6.07, 6.45) is 11.0. The van der Waals surface area contributed by atoms with Crippen molar-refractivity contribution in [3.63, 3.8) is 0 Å². The number of nitrogens with two attached hydrogens (primary N) is 1. The fraction of sp³-hybridized carbons (Fsp3) is 0.500. The number of H-pyrrole nitrogens is 1. The highest BCUT2D eigenvalue weighted by Crippen LogP contribution is 2.27. The van der Waals surface area contributed by atoms with Gasteiger partial charge in [0.1, 0.15) is 17.8 Å². The number of rotatable bonds is 3. The van der Waals surface area contributed by atoms with Gasteiger partial charge < -0.3 is 25.4 Å². The Bertz CT molecular complexity index is 879. The van der Waals surface area contributed by atoms with Gasteiger partial charge in [0.05, 0.1) is 11.4 Å². The van der Waals surface area contributed by atoms with E-state index in [1.54, 1.807) is 13.3 Å². The van der Waals surface area contributed by atoms with Crippen molar-refractivity contribution in [2.24, 2.45) is 5.73 Å². The lowest BCUT2D eigenvalue weighted by Crippen LogP contribution is -2.45. The molecule has 9 nitrogen and oxygen atoms in total. The zero-order valence-corrected chi connectivity index (χ0v) is 17.0. The fourth-order valence-electron chi connectivity index (χ4n) is 3.54. The molecule has 0 aromatic carbocycles. The molecule has 1 unspecified atom stereocenters. The first-order valence-corrected chi connectivity index (χ1v) is 10.0. The number of likely N-dealkylation sites (N-methyl/N-ethyl adjacent to an activating group) is 1. The molecule has 3 N–H and O–H groups in total. The number of nitrogens with one attached hydrogen (secondary N) is 1. The minimum absolute atomic E-state index is 0.0901. The number of primary amides is 1. The molecule has 1 saturated heterocycles. The molecular formula is C20H29N7O2. The van der Waals surface area contributed by atoms with Gasteiger partial charge in [-0.05, 0) is 25.3 Å². The number of nitrogens with zero attached hydrogens (tertiary/aromatic N) is 5. The van der Waals surface area contributed by atoms with Crippen molar-refractivity contribution in [3.05, 3.63) is 30.9 Å². The summed E-state index contributed by atoms with van der Waals surface area (Å²) < 4.78 is 0. The van der Waals surface area contributed by atoms with Gasteiger partial charge in [-0.2, -0.15) is 0 Å². The van der Waals surface area contributed by atoms with Crippen LogP contribution in [0.15, 0.2) is 30.9 Å². The van der Waals surface area contributed by atoms with Crippen LogP contribution in [-0.2, 0) is 4.79 Å². The second-order valence-corrected chi connectivity index (χ2v) is 7.26. The van der Waals surface area contributed by atoms with E-state index in [1.165, 1.54) is 0 Å². The third kappa shape index (κ3) is 4.85. The predicted octanol–water partition coefficient (Wildman–Crippen LogP) is 2.08. The van der Waals surface area contributed by atoms with Crippen molar-refractivity contribution in [2.75, 3.05) is 31.6 Å². The van der Waals surface area contributed by atoms with Crippen molar-refractivity contribution in [3.8, 4) is 0 Å². The van der Waals surface area contributed by atoms with Crippen LogP contribution in [0.1, 0.15) is 32.6 Å². The molecule has 2 aromatic heterocycles. The number of fused-ring (bicyclic) bond motifs is 1. The molecule has 9 heteroatoms. The van der Waals surface area contributed by atoms with Crippen molar-refractivity contribution in [1.82, 2.24) is 24.8 Å². The number of anilines is 1. The number of urea groups is 1. The first-order valence-electron chi connectivity index (χ1n) is 10.0. The molecule has 0 aliphatic carbocycles. The topological polar surface area (TPSA) is 111 Å². The lowest BCUT2D eigenvalue weighted by molar-refractivity contribution is -0.117. The Morgan fingerprint density at radius 2 is 2.14 bits per heavy atom. The van der Waals surface area contributed by atoms with Gasteiger partial charge in [0, 0.05) is 45.5 Å². The standard InChI is InChI=1S/C17H22N6O.C3H7NO/c1-21(17(24)22-8-3-2-4-9-22)13-6-10-23(11-13)16-14-5-7-18-15(14)19-12-20-16;1-2-3(4)5/h3,5,7-8,12-13H,2,4,6,9-11H2,1H3,(H,18,19,20);2H2,1H3,(H2,4,5). The molecule has 0 spiro atoms. The van der Waals surface area contributed by atoms with Crippen LogP contribution in [0.5, 0.6) is 0 Å². The maximum Gasteiger partial charge on any atom is 0.324 e. The Hall–Kier alpha value is -3.10. The van der Waals surface area contributed by atoms with E-state index in [1.807, 2.05) is 35.3 Å². The summed E-state index contributed by atoms with van der Waals surface area (Å²) in [5, 5.41) is 1.03. The van der Waals surface area contributed by atoms with E-state index >= 15 is 0 Å². The number of hydrogen-bond acceptors (Lipinski definition) is 5. The first kappa shape index (κ1) is 20.6. The first-order chi connectivity index (χ1) is 14.0. The molecule has 1 atom stereocenters. The number of carbonyl (C=O) groups excluding carboxylic acids is 2. The van der Waals surface area contributed by atoms with E-state index in [9.17, 15) is 9.59 Å². The van der Waals surface area contributed by atoms with E-state index < -0.39 is 0 Å². The molecule has 3 amide bonds. The average molecular weight is 399 g/mol. The molecular weight excluding hydrogens is 370 g/mol. The summed E-state index contributed by atoms with van der Waals surface area (Å²) in [5.74, 6) is 0.701. The summed E-state index contributed by atoms with van der Waals surface area (Å²) in [7, 11) is 1.91. The van der Waals surface area contributed by atoms with Crippen LogP contribution in [0, 0.1) is 0 Å². The zero-order chi connectivity index (χ0) is 20.8. The Kier molecular flexibility index (Phi) is 6.69. The quantitative estimate of drug-likeness (QED) is 0.821. The third-order valence-electron chi connectivity index (χ3n) is 5.29. The van der Waals surface area contributed by atoms with Crippen LogP contribution in [0.3, 0.4) is 0 Å². The Labute approximate surface area is 170 Å². The largest absolute Gasteiger partial charge is 0.370 e. The molecule has 0 radical (unpaired) electrons. The van der Waals surface area contributed by atoms with Gasteiger partial charge in [-0.1, -0.05) is 13.0 Å². The molecule has 2 aromatic rings. The smallest absolute Gasteiger partial charge is 0.324 e. The number of aromatic amines is 1. The zero-order valence-electron chi connectivity index (χ0n) is 17.0. The minimum atomic E-state index is -0.245. The fourth-order valence-corrected chi connectivity index (χ4v) is 3.54. The molecule has 0 bridgehead atoms. The van der Waals surface area contributed by atoms with Crippen LogP contribution < -0.4 is 10.6 Å². The predicted molar refractivity (Wildman–Crippen MR) is 112 cm³/mol. The molecule has 1 fully saturated rings. The highest BCUT2D eigenvalue weighted by Gasteiger charge is 2.31. The van der Waals surface area contributed by atoms with Crippen LogP contribution in [0.25, 0.3) is 11.0 Å². The van der Waals surface area contributed by atoms with E-state index in [4.69, 9.17) is 0 Å².